The largest absolute Gasteiger partial charge is 0.449 e. The number of ether oxygens (including phenoxy) is 1. The normalized spacial score (nSPS) is 13.4. The lowest BCUT2D eigenvalue weighted by Crippen LogP contribution is -2.30. The van der Waals surface area contributed by atoms with Crippen LogP contribution in [0.15, 0.2) is 77.3 Å². The van der Waals surface area contributed by atoms with E-state index in [1.54, 1.807) is 0 Å². The van der Waals surface area contributed by atoms with E-state index >= 15 is 0 Å². The van der Waals surface area contributed by atoms with Crippen molar-refractivity contribution in [1.29, 1.82) is 0 Å². The highest BCUT2D eigenvalue weighted by atomic mass is 79.9. The molecule has 3 aromatic rings. The number of alkyl carbamates (subject to hydrolysis) is 1. The van der Waals surface area contributed by atoms with Gasteiger partial charge < -0.3 is 15.2 Å². The molecular formula is C24H22BrNO3. The van der Waals surface area contributed by atoms with Crippen molar-refractivity contribution < 1.29 is 14.6 Å². The molecule has 1 aliphatic rings. The number of hydrogen-bond donors (Lipinski definition) is 2. The molecule has 3 aromatic carbocycles. The van der Waals surface area contributed by atoms with E-state index in [4.69, 9.17) is 4.74 Å². The van der Waals surface area contributed by atoms with Crippen molar-refractivity contribution in [2.24, 2.45) is 0 Å². The second-order valence-corrected chi connectivity index (χ2v) is 8.00. The van der Waals surface area contributed by atoms with Crippen LogP contribution in [0.5, 0.6) is 0 Å². The Bertz CT molecular complexity index is 958. The van der Waals surface area contributed by atoms with Crippen LogP contribution < -0.4 is 5.32 Å². The van der Waals surface area contributed by atoms with E-state index in [1.807, 2.05) is 48.5 Å². The van der Waals surface area contributed by atoms with E-state index in [9.17, 15) is 9.90 Å². The Morgan fingerprint density at radius 1 is 0.966 bits per heavy atom. The van der Waals surface area contributed by atoms with Gasteiger partial charge in [0.05, 0.1) is 6.04 Å². The van der Waals surface area contributed by atoms with Crippen LogP contribution in [0.25, 0.3) is 11.1 Å². The van der Waals surface area contributed by atoms with Gasteiger partial charge in [-0.15, -0.1) is 0 Å². The van der Waals surface area contributed by atoms with Crippen LogP contribution in [0.1, 0.15) is 35.1 Å². The molecule has 1 atom stereocenters. The van der Waals surface area contributed by atoms with Gasteiger partial charge in [-0.25, -0.2) is 4.79 Å². The smallest absolute Gasteiger partial charge is 0.407 e. The number of aliphatic hydroxyl groups excluding tert-OH is 1. The summed E-state index contributed by atoms with van der Waals surface area (Å²) in [7, 11) is 0. The molecule has 0 heterocycles. The first kappa shape index (κ1) is 19.7. The minimum Gasteiger partial charge on any atom is -0.449 e. The lowest BCUT2D eigenvalue weighted by molar-refractivity contribution is 0.136. The standard InChI is InChI=1S/C24H22BrNO3/c25-17-11-9-16(10-12-17)23(13-14-27)26-24(28)29-15-22-20-7-3-1-5-18(20)19-6-2-4-8-21(19)22/h1-12,22-23,27H,13-15H2,(H,26,28). The average molecular weight is 452 g/mol. The molecule has 0 bridgehead atoms. The minimum absolute atomic E-state index is 0.0234. The third-order valence-corrected chi connectivity index (χ3v) is 5.85. The van der Waals surface area contributed by atoms with Crippen molar-refractivity contribution in [3.8, 4) is 11.1 Å². The topological polar surface area (TPSA) is 58.6 Å². The highest BCUT2D eigenvalue weighted by Gasteiger charge is 2.29. The van der Waals surface area contributed by atoms with Crippen LogP contribution >= 0.6 is 15.9 Å². The molecule has 0 aliphatic heterocycles. The third kappa shape index (κ3) is 4.21. The molecule has 148 valence electrons. The fraction of sp³-hybridized carbons (Fsp3) is 0.208. The van der Waals surface area contributed by atoms with Gasteiger partial charge in [-0.2, -0.15) is 0 Å². The maximum Gasteiger partial charge on any atom is 0.407 e. The molecule has 5 heteroatoms. The number of rotatable bonds is 6. The zero-order chi connectivity index (χ0) is 20.2. The van der Waals surface area contributed by atoms with E-state index in [2.05, 4.69) is 45.5 Å². The van der Waals surface area contributed by atoms with Crippen molar-refractivity contribution in [3.05, 3.63) is 94.0 Å². The molecule has 29 heavy (non-hydrogen) atoms. The third-order valence-electron chi connectivity index (χ3n) is 5.33. The molecule has 0 radical (unpaired) electrons. The number of halogens is 1. The Kier molecular flexibility index (Phi) is 5.97. The molecule has 0 saturated heterocycles. The van der Waals surface area contributed by atoms with Crippen molar-refractivity contribution in [3.63, 3.8) is 0 Å². The predicted molar refractivity (Wildman–Crippen MR) is 117 cm³/mol. The molecule has 4 rings (SSSR count). The maximum atomic E-state index is 12.5. The number of aliphatic hydroxyl groups is 1. The molecule has 0 spiro atoms. The highest BCUT2D eigenvalue weighted by molar-refractivity contribution is 9.10. The highest BCUT2D eigenvalue weighted by Crippen LogP contribution is 2.44. The number of carbonyl (C=O) groups excluding carboxylic acids is 1. The zero-order valence-electron chi connectivity index (χ0n) is 15.8. The molecule has 2 N–H and O–H groups in total. The lowest BCUT2D eigenvalue weighted by Gasteiger charge is -2.20. The Hall–Kier alpha value is -2.63. The van der Waals surface area contributed by atoms with Gasteiger partial charge in [0.1, 0.15) is 6.61 Å². The van der Waals surface area contributed by atoms with Crippen molar-refractivity contribution >= 4 is 22.0 Å². The van der Waals surface area contributed by atoms with Crippen LogP contribution in [0.2, 0.25) is 0 Å². The first-order valence-corrected chi connectivity index (χ1v) is 10.4. The van der Waals surface area contributed by atoms with Crippen molar-refractivity contribution in [2.45, 2.75) is 18.4 Å². The summed E-state index contributed by atoms with van der Waals surface area (Å²) in [6.07, 6.45) is -0.0560. The molecule has 1 aliphatic carbocycles. The van der Waals surface area contributed by atoms with Crippen molar-refractivity contribution in [1.82, 2.24) is 5.32 Å². The molecular weight excluding hydrogens is 430 g/mol. The summed E-state index contributed by atoms with van der Waals surface area (Å²) in [5.74, 6) is 0.0251. The summed E-state index contributed by atoms with van der Waals surface area (Å²) in [6.45, 7) is 0.246. The number of nitrogens with one attached hydrogen (secondary N) is 1. The van der Waals surface area contributed by atoms with E-state index in [-0.39, 0.29) is 25.2 Å². The number of benzene rings is 3. The summed E-state index contributed by atoms with van der Waals surface area (Å²) in [4.78, 5) is 12.5. The lowest BCUT2D eigenvalue weighted by atomic mass is 9.98. The van der Waals surface area contributed by atoms with Crippen LogP contribution in [0.4, 0.5) is 4.79 Å². The molecule has 0 saturated carbocycles. The fourth-order valence-corrected chi connectivity index (χ4v) is 4.19. The van der Waals surface area contributed by atoms with Crippen molar-refractivity contribution in [2.75, 3.05) is 13.2 Å². The SMILES string of the molecule is O=C(NC(CCO)c1ccc(Br)cc1)OCC1c2ccccc2-c2ccccc21. The molecule has 1 amide bonds. The Morgan fingerprint density at radius 3 is 2.14 bits per heavy atom. The summed E-state index contributed by atoms with van der Waals surface area (Å²) in [5.41, 5.74) is 5.69. The number of amides is 1. The van der Waals surface area contributed by atoms with Gasteiger partial charge in [0.2, 0.25) is 0 Å². The zero-order valence-corrected chi connectivity index (χ0v) is 17.4. The van der Waals surface area contributed by atoms with Gasteiger partial charge in [0.25, 0.3) is 0 Å². The van der Waals surface area contributed by atoms with Crippen LogP contribution in [0, 0.1) is 0 Å². The summed E-state index contributed by atoms with van der Waals surface area (Å²) in [6, 6.07) is 23.9. The van der Waals surface area contributed by atoms with Gasteiger partial charge in [0.15, 0.2) is 0 Å². The molecule has 4 nitrogen and oxygen atoms in total. The summed E-state index contributed by atoms with van der Waals surface area (Å²) >= 11 is 3.41. The number of carbonyl (C=O) groups is 1. The van der Waals surface area contributed by atoms with Crippen LogP contribution in [0.3, 0.4) is 0 Å². The van der Waals surface area contributed by atoms with Crippen LogP contribution in [-0.4, -0.2) is 24.4 Å². The Balaban J connectivity index is 1.46. The second kappa shape index (κ2) is 8.80. The number of hydrogen-bond acceptors (Lipinski definition) is 3. The fourth-order valence-electron chi connectivity index (χ4n) is 3.93. The van der Waals surface area contributed by atoms with Crippen LogP contribution in [-0.2, 0) is 4.74 Å². The minimum atomic E-state index is -0.478. The molecule has 0 aromatic heterocycles. The first-order chi connectivity index (χ1) is 14.2. The van der Waals surface area contributed by atoms with E-state index < -0.39 is 6.09 Å². The monoisotopic (exact) mass is 451 g/mol. The number of fused-ring (bicyclic) bond motifs is 3. The average Bonchev–Trinajstić information content (AvgIpc) is 3.06. The molecule has 1 unspecified atom stereocenters. The van der Waals surface area contributed by atoms with Gasteiger partial charge in [-0.3, -0.25) is 0 Å². The van der Waals surface area contributed by atoms with E-state index in [1.165, 1.54) is 22.3 Å². The summed E-state index contributed by atoms with van der Waals surface area (Å²) in [5, 5.41) is 12.3. The van der Waals surface area contributed by atoms with E-state index in [0.29, 0.717) is 6.42 Å². The maximum absolute atomic E-state index is 12.5. The van der Waals surface area contributed by atoms with Gasteiger partial charge in [0, 0.05) is 17.0 Å². The van der Waals surface area contributed by atoms with Gasteiger partial charge in [-0.1, -0.05) is 76.6 Å². The quantitative estimate of drug-likeness (QED) is 0.526. The second-order valence-electron chi connectivity index (χ2n) is 7.09. The first-order valence-electron chi connectivity index (χ1n) is 9.65. The Labute approximate surface area is 178 Å². The Morgan fingerprint density at radius 2 is 1.55 bits per heavy atom. The van der Waals surface area contributed by atoms with Gasteiger partial charge in [-0.05, 0) is 46.4 Å². The molecule has 0 fully saturated rings. The van der Waals surface area contributed by atoms with E-state index in [0.717, 1.165) is 10.0 Å². The summed E-state index contributed by atoms with van der Waals surface area (Å²) < 4.78 is 6.58. The predicted octanol–water partition coefficient (Wildman–Crippen LogP) is 5.41. The van der Waals surface area contributed by atoms with Gasteiger partial charge >= 0.3 is 6.09 Å².